The number of ether oxygens (including phenoxy) is 2. The summed E-state index contributed by atoms with van der Waals surface area (Å²) in [6.45, 7) is 7.20. The molecule has 1 heterocycles. The largest absolute Gasteiger partial charge is 0.481 e. The highest BCUT2D eigenvalue weighted by Crippen LogP contribution is 2.67. The van der Waals surface area contributed by atoms with E-state index in [0.29, 0.717) is 36.7 Å². The number of aliphatic carboxylic acids is 1. The molecule has 0 aromatic carbocycles. The lowest BCUT2D eigenvalue weighted by molar-refractivity contribution is -0.195. The molecule has 0 aromatic rings. The highest BCUT2D eigenvalue weighted by Gasteiger charge is 2.65. The Morgan fingerprint density at radius 1 is 1.07 bits per heavy atom. The van der Waals surface area contributed by atoms with E-state index in [1.807, 2.05) is 0 Å². The maximum absolute atomic E-state index is 12.3. The average Bonchev–Trinajstić information content (AvgIpc) is 2.91. The third-order valence-electron chi connectivity index (χ3n) is 9.43. The van der Waals surface area contributed by atoms with Gasteiger partial charge in [0.25, 0.3) is 0 Å². The van der Waals surface area contributed by atoms with Gasteiger partial charge in [0.15, 0.2) is 0 Å². The zero-order chi connectivity index (χ0) is 21.0. The van der Waals surface area contributed by atoms with Crippen LogP contribution in [-0.2, 0) is 23.9 Å². The van der Waals surface area contributed by atoms with Gasteiger partial charge in [-0.25, -0.2) is 0 Å². The van der Waals surface area contributed by atoms with Gasteiger partial charge in [0.2, 0.25) is 0 Å². The van der Waals surface area contributed by atoms with Crippen molar-refractivity contribution in [3.63, 3.8) is 0 Å². The molecule has 0 unspecified atom stereocenters. The molecule has 1 N–H and O–H groups in total. The first kappa shape index (κ1) is 20.7. The maximum Gasteiger partial charge on any atom is 0.306 e. The second-order valence-electron chi connectivity index (χ2n) is 10.6. The van der Waals surface area contributed by atoms with E-state index in [-0.39, 0.29) is 29.6 Å². The van der Waals surface area contributed by atoms with E-state index in [0.717, 1.165) is 38.5 Å². The molecular weight excluding hydrogens is 372 g/mol. The van der Waals surface area contributed by atoms with Gasteiger partial charge in [-0.2, -0.15) is 0 Å². The number of hydrogen-bond acceptors (Lipinski definition) is 5. The molecular formula is C23H34O6. The Hall–Kier alpha value is -1.59. The summed E-state index contributed by atoms with van der Waals surface area (Å²) in [5.74, 6) is 0.636. The van der Waals surface area contributed by atoms with Crippen LogP contribution in [0.2, 0.25) is 0 Å². The Labute approximate surface area is 172 Å². The van der Waals surface area contributed by atoms with Crippen molar-refractivity contribution in [1.29, 1.82) is 0 Å². The Kier molecular flexibility index (Phi) is 4.98. The van der Waals surface area contributed by atoms with E-state index in [1.165, 1.54) is 0 Å². The van der Waals surface area contributed by atoms with Crippen molar-refractivity contribution in [3.8, 4) is 0 Å². The number of carboxylic acid groups (broad SMARTS) is 1. The van der Waals surface area contributed by atoms with Crippen molar-refractivity contribution in [2.45, 2.75) is 84.2 Å². The normalized spacial score (nSPS) is 46.1. The Balaban J connectivity index is 1.52. The van der Waals surface area contributed by atoms with Crippen LogP contribution >= 0.6 is 0 Å². The zero-order valence-electron chi connectivity index (χ0n) is 17.9. The number of carboxylic acids is 1. The Morgan fingerprint density at radius 3 is 2.52 bits per heavy atom. The van der Waals surface area contributed by atoms with Crippen molar-refractivity contribution < 1.29 is 29.0 Å². The van der Waals surface area contributed by atoms with Crippen LogP contribution in [0.5, 0.6) is 0 Å². The predicted molar refractivity (Wildman–Crippen MR) is 105 cm³/mol. The first-order valence-corrected chi connectivity index (χ1v) is 11.2. The summed E-state index contributed by atoms with van der Waals surface area (Å²) >= 11 is 0. The summed E-state index contributed by atoms with van der Waals surface area (Å²) < 4.78 is 11.5. The van der Waals surface area contributed by atoms with E-state index < -0.39 is 17.5 Å². The quantitative estimate of drug-likeness (QED) is 0.711. The molecule has 4 aliphatic rings. The van der Waals surface area contributed by atoms with Gasteiger partial charge in [0, 0.05) is 17.3 Å². The van der Waals surface area contributed by atoms with E-state index in [4.69, 9.17) is 14.6 Å². The molecule has 3 aliphatic carbocycles. The lowest BCUT2D eigenvalue weighted by Gasteiger charge is -2.60. The van der Waals surface area contributed by atoms with Gasteiger partial charge < -0.3 is 14.6 Å². The topological polar surface area (TPSA) is 89.9 Å². The number of carbonyl (C=O) groups is 3. The van der Waals surface area contributed by atoms with Crippen molar-refractivity contribution >= 4 is 17.9 Å². The van der Waals surface area contributed by atoms with Crippen LogP contribution in [0.25, 0.3) is 0 Å². The smallest absolute Gasteiger partial charge is 0.306 e. The summed E-state index contributed by atoms with van der Waals surface area (Å²) in [5.41, 5.74) is -0.550. The van der Waals surface area contributed by atoms with E-state index in [1.54, 1.807) is 0 Å². The van der Waals surface area contributed by atoms with Gasteiger partial charge >= 0.3 is 17.9 Å². The number of fused-ring (bicyclic) bond motifs is 5. The first-order chi connectivity index (χ1) is 13.6. The summed E-state index contributed by atoms with van der Waals surface area (Å²) in [6.07, 6.45) is 6.48. The van der Waals surface area contributed by atoms with Crippen LogP contribution in [0.3, 0.4) is 0 Å². The highest BCUT2D eigenvalue weighted by atomic mass is 16.6. The van der Waals surface area contributed by atoms with Crippen molar-refractivity contribution in [3.05, 3.63) is 0 Å². The molecule has 6 nitrogen and oxygen atoms in total. The second kappa shape index (κ2) is 6.98. The Morgan fingerprint density at radius 2 is 1.79 bits per heavy atom. The van der Waals surface area contributed by atoms with E-state index in [2.05, 4.69) is 20.8 Å². The van der Waals surface area contributed by atoms with Crippen molar-refractivity contribution in [2.24, 2.45) is 34.5 Å². The number of carbonyl (C=O) groups excluding carboxylic acids is 2. The van der Waals surface area contributed by atoms with Gasteiger partial charge in [-0.05, 0) is 69.1 Å². The van der Waals surface area contributed by atoms with Crippen LogP contribution in [0.1, 0.15) is 78.6 Å². The third kappa shape index (κ3) is 3.17. The van der Waals surface area contributed by atoms with Crippen LogP contribution in [-0.4, -0.2) is 35.2 Å². The molecule has 3 saturated carbocycles. The third-order valence-corrected chi connectivity index (χ3v) is 9.43. The zero-order valence-corrected chi connectivity index (χ0v) is 17.9. The second-order valence-corrected chi connectivity index (χ2v) is 10.6. The standard InChI is InChI=1S/C23H34O6/c1-21-13-28-20(27)12-14(21)4-5-15-16(21)8-10-22(2)17(15)9-11-23(22,3)29-19(26)7-6-18(24)25/h14-17H,4-13H2,1-3H3,(H,24,25)/t14-,15+,16-,17-,21-,22-,23-/m0/s1. The lowest BCUT2D eigenvalue weighted by Crippen LogP contribution is -2.58. The molecule has 0 amide bonds. The first-order valence-electron chi connectivity index (χ1n) is 11.2. The number of rotatable bonds is 4. The summed E-state index contributed by atoms with van der Waals surface area (Å²) in [6, 6.07) is 0. The minimum absolute atomic E-state index is 0.0479. The van der Waals surface area contributed by atoms with Crippen LogP contribution in [0.4, 0.5) is 0 Å². The molecule has 1 saturated heterocycles. The molecule has 1 aliphatic heterocycles. The van der Waals surface area contributed by atoms with Crippen molar-refractivity contribution in [1.82, 2.24) is 0 Å². The number of hydrogen-bond donors (Lipinski definition) is 1. The predicted octanol–water partition coefficient (Wildman–Crippen LogP) is 3.96. The van der Waals surface area contributed by atoms with Crippen LogP contribution in [0.15, 0.2) is 0 Å². The lowest BCUT2D eigenvalue weighted by atomic mass is 9.46. The van der Waals surface area contributed by atoms with Gasteiger partial charge in [-0.15, -0.1) is 0 Å². The van der Waals surface area contributed by atoms with Gasteiger partial charge in [-0.3, -0.25) is 14.4 Å². The molecule has 0 spiro atoms. The Bertz CT molecular complexity index is 718. The number of esters is 2. The minimum Gasteiger partial charge on any atom is -0.481 e. The molecule has 29 heavy (non-hydrogen) atoms. The average molecular weight is 407 g/mol. The fourth-order valence-electron chi connectivity index (χ4n) is 7.50. The van der Waals surface area contributed by atoms with Crippen LogP contribution < -0.4 is 0 Å². The fraction of sp³-hybridized carbons (Fsp3) is 0.870. The van der Waals surface area contributed by atoms with Gasteiger partial charge in [0.1, 0.15) is 5.60 Å². The molecule has 6 heteroatoms. The number of cyclic esters (lactones) is 1. The summed E-state index contributed by atoms with van der Waals surface area (Å²) in [5, 5.41) is 8.85. The molecule has 4 fully saturated rings. The summed E-state index contributed by atoms with van der Waals surface area (Å²) in [7, 11) is 0. The van der Waals surface area contributed by atoms with Gasteiger partial charge in [0.05, 0.1) is 19.4 Å². The molecule has 0 bridgehead atoms. The minimum atomic E-state index is -0.971. The van der Waals surface area contributed by atoms with Crippen molar-refractivity contribution in [2.75, 3.05) is 6.61 Å². The monoisotopic (exact) mass is 406 g/mol. The SMILES string of the molecule is C[C@]12COC(=O)C[C@@H]1CC[C@@H]1[C@@H]2CC[C@@]2(C)[C@H]1CC[C@]2(C)OC(=O)CCC(=O)O. The van der Waals surface area contributed by atoms with E-state index >= 15 is 0 Å². The molecule has 4 rings (SSSR count). The van der Waals surface area contributed by atoms with E-state index in [9.17, 15) is 14.4 Å². The molecule has 0 aromatic heterocycles. The summed E-state index contributed by atoms with van der Waals surface area (Å²) in [4.78, 5) is 35.0. The molecule has 0 radical (unpaired) electrons. The maximum atomic E-state index is 12.3. The highest BCUT2D eigenvalue weighted by molar-refractivity contribution is 5.76. The van der Waals surface area contributed by atoms with Crippen LogP contribution in [0, 0.1) is 34.5 Å². The van der Waals surface area contributed by atoms with Gasteiger partial charge in [-0.1, -0.05) is 13.8 Å². The molecule has 162 valence electrons. The molecule has 7 atom stereocenters. The fourth-order valence-corrected chi connectivity index (χ4v) is 7.50.